The van der Waals surface area contributed by atoms with Crippen LogP contribution in [-0.4, -0.2) is 56.2 Å². The lowest BCUT2D eigenvalue weighted by Crippen LogP contribution is -2.50. The molecule has 1 N–H and O–H groups in total. The highest BCUT2D eigenvalue weighted by molar-refractivity contribution is 7.91. The van der Waals surface area contributed by atoms with Crippen LogP contribution in [-0.2, 0) is 27.5 Å². The lowest BCUT2D eigenvalue weighted by molar-refractivity contribution is -0.137. The highest BCUT2D eigenvalue weighted by Gasteiger charge is 2.30. The van der Waals surface area contributed by atoms with E-state index in [-0.39, 0.29) is 16.8 Å². The van der Waals surface area contributed by atoms with Gasteiger partial charge in [-0.05, 0) is 50.6 Å². The van der Waals surface area contributed by atoms with E-state index in [2.05, 4.69) is 9.71 Å². The minimum Gasteiger partial charge on any atom is -0.444 e. The second-order valence-electron chi connectivity index (χ2n) is 9.59. The number of pyridine rings is 1. The van der Waals surface area contributed by atoms with Gasteiger partial charge in [0, 0.05) is 49.0 Å². The molecule has 0 radical (unpaired) electrons. The van der Waals surface area contributed by atoms with Crippen molar-refractivity contribution >= 4 is 43.4 Å². The van der Waals surface area contributed by atoms with Gasteiger partial charge < -0.3 is 14.5 Å². The van der Waals surface area contributed by atoms with Crippen molar-refractivity contribution in [3.63, 3.8) is 0 Å². The van der Waals surface area contributed by atoms with Gasteiger partial charge in [0.2, 0.25) is 10.0 Å². The first-order valence-corrected chi connectivity index (χ1v) is 13.8. The van der Waals surface area contributed by atoms with E-state index in [0.29, 0.717) is 42.9 Å². The quantitative estimate of drug-likeness (QED) is 0.483. The molecule has 8 nitrogen and oxygen atoms in total. The molecule has 1 amide bonds. The molecule has 0 atom stereocenters. The second kappa shape index (κ2) is 10.1. The Morgan fingerprint density at radius 2 is 1.73 bits per heavy atom. The third-order valence-corrected chi connectivity index (χ3v) is 8.62. The van der Waals surface area contributed by atoms with Gasteiger partial charge in [-0.15, -0.1) is 11.3 Å². The number of benzene rings is 1. The average molecular weight is 557 g/mol. The van der Waals surface area contributed by atoms with Crippen molar-refractivity contribution in [3.8, 4) is 0 Å². The lowest BCUT2D eigenvalue weighted by Gasteiger charge is -2.36. The number of thiophene rings is 1. The van der Waals surface area contributed by atoms with E-state index < -0.39 is 27.4 Å². The molecule has 0 aliphatic carbocycles. The Morgan fingerprint density at radius 1 is 1.08 bits per heavy atom. The van der Waals surface area contributed by atoms with Crippen LogP contribution in [0, 0.1) is 0 Å². The molecule has 1 aromatic carbocycles. The number of aromatic nitrogens is 1. The Hall–Kier alpha value is -2.90. The number of hydrogen-bond donors (Lipinski definition) is 1. The summed E-state index contributed by atoms with van der Waals surface area (Å²) in [6, 6.07) is 7.62. The number of carbonyl (C=O) groups excluding carboxylic acids is 1. The maximum absolute atomic E-state index is 12.9. The zero-order valence-electron chi connectivity index (χ0n) is 20.5. The number of alkyl halides is 3. The number of halogens is 3. The topological polar surface area (TPSA) is 91.8 Å². The third kappa shape index (κ3) is 6.51. The zero-order valence-corrected chi connectivity index (χ0v) is 22.1. The average Bonchev–Trinajstić information content (AvgIpc) is 3.27. The van der Waals surface area contributed by atoms with E-state index in [1.165, 1.54) is 12.1 Å². The molecule has 0 bridgehead atoms. The van der Waals surface area contributed by atoms with Gasteiger partial charge in [-0.1, -0.05) is 12.1 Å². The van der Waals surface area contributed by atoms with E-state index in [4.69, 9.17) is 4.74 Å². The number of rotatable bonds is 5. The molecule has 0 saturated carbocycles. The van der Waals surface area contributed by atoms with Gasteiger partial charge in [0.1, 0.15) is 15.6 Å². The highest BCUT2D eigenvalue weighted by atomic mass is 32.2. The maximum atomic E-state index is 12.9. The maximum Gasteiger partial charge on any atom is 0.416 e. The number of carbonyl (C=O) groups is 1. The third-order valence-electron chi connectivity index (χ3n) is 5.65. The number of piperazine rings is 1. The van der Waals surface area contributed by atoms with Gasteiger partial charge in [0.25, 0.3) is 0 Å². The molecule has 3 aromatic rings. The summed E-state index contributed by atoms with van der Waals surface area (Å²) in [5, 5.41) is 0.674. The summed E-state index contributed by atoms with van der Waals surface area (Å²) < 4.78 is 72.9. The van der Waals surface area contributed by atoms with Crippen LogP contribution in [0.3, 0.4) is 0 Å². The van der Waals surface area contributed by atoms with Gasteiger partial charge >= 0.3 is 12.3 Å². The number of sulfonamides is 1. The van der Waals surface area contributed by atoms with E-state index in [0.717, 1.165) is 28.2 Å². The first-order valence-electron chi connectivity index (χ1n) is 11.5. The molecule has 3 heterocycles. The van der Waals surface area contributed by atoms with Crippen LogP contribution in [0.15, 0.2) is 46.8 Å². The fraction of sp³-hybridized carbons (Fsp3) is 0.417. The fourth-order valence-electron chi connectivity index (χ4n) is 3.80. The Kier molecular flexibility index (Phi) is 7.41. The molecular weight excluding hydrogens is 529 g/mol. The normalized spacial score (nSPS) is 15.3. The number of fused-ring (bicyclic) bond motifs is 1. The summed E-state index contributed by atoms with van der Waals surface area (Å²) >= 11 is 1.08. The standard InChI is InChI=1S/C24H27F3N4O4S2/c1-23(2,3)35-22(32)31-12-10-30(11-13-31)21-18-14-20(36-19(18)8-9-28-21)37(33,34)29-15-16-4-6-17(7-5-16)24(25,26)27/h4-9,14,29H,10-13,15H2,1-3H3. The van der Waals surface area contributed by atoms with Crippen LogP contribution in [0.25, 0.3) is 10.1 Å². The molecule has 200 valence electrons. The summed E-state index contributed by atoms with van der Waals surface area (Å²) in [6.07, 6.45) is -3.22. The van der Waals surface area contributed by atoms with Crippen LogP contribution in [0.1, 0.15) is 31.9 Å². The van der Waals surface area contributed by atoms with E-state index in [1.807, 2.05) is 25.7 Å². The minimum absolute atomic E-state index is 0.0797. The monoisotopic (exact) mass is 556 g/mol. The summed E-state index contributed by atoms with van der Waals surface area (Å²) in [6.45, 7) is 7.19. The van der Waals surface area contributed by atoms with Gasteiger partial charge in [-0.3, -0.25) is 0 Å². The zero-order chi connectivity index (χ0) is 27.0. The number of nitrogens with zero attached hydrogens (tertiary/aromatic N) is 3. The fourth-order valence-corrected chi connectivity index (χ4v) is 6.24. The lowest BCUT2D eigenvalue weighted by atomic mass is 10.1. The Balaban J connectivity index is 1.46. The minimum atomic E-state index is -4.46. The number of ether oxygens (including phenoxy) is 1. The van der Waals surface area contributed by atoms with Gasteiger partial charge in [-0.25, -0.2) is 22.9 Å². The van der Waals surface area contributed by atoms with Crippen molar-refractivity contribution in [2.75, 3.05) is 31.1 Å². The Labute approximate surface area is 217 Å². The van der Waals surface area contributed by atoms with Gasteiger partial charge in [0.05, 0.1) is 5.56 Å². The summed E-state index contributed by atoms with van der Waals surface area (Å²) in [4.78, 5) is 20.5. The second-order valence-corrected chi connectivity index (χ2v) is 12.7. The SMILES string of the molecule is CC(C)(C)OC(=O)N1CCN(c2nccc3sc(S(=O)(=O)NCc4ccc(C(F)(F)F)cc4)cc23)CC1. The van der Waals surface area contributed by atoms with Crippen LogP contribution in [0.4, 0.5) is 23.8 Å². The summed E-state index contributed by atoms with van der Waals surface area (Å²) in [5.41, 5.74) is -0.973. The number of nitrogens with one attached hydrogen (secondary N) is 1. The van der Waals surface area contributed by atoms with Crippen LogP contribution in [0.2, 0.25) is 0 Å². The molecule has 1 saturated heterocycles. The molecule has 1 aliphatic heterocycles. The highest BCUT2D eigenvalue weighted by Crippen LogP contribution is 2.35. The van der Waals surface area contributed by atoms with Gasteiger partial charge in [0.15, 0.2) is 0 Å². The van der Waals surface area contributed by atoms with Crippen molar-refractivity contribution in [2.24, 2.45) is 0 Å². The molecule has 37 heavy (non-hydrogen) atoms. The van der Waals surface area contributed by atoms with Crippen LogP contribution >= 0.6 is 11.3 Å². The van der Waals surface area contributed by atoms with Crippen LogP contribution in [0.5, 0.6) is 0 Å². The van der Waals surface area contributed by atoms with E-state index >= 15 is 0 Å². The van der Waals surface area contributed by atoms with Crippen molar-refractivity contribution in [1.82, 2.24) is 14.6 Å². The van der Waals surface area contributed by atoms with Crippen molar-refractivity contribution in [2.45, 2.75) is 43.3 Å². The largest absolute Gasteiger partial charge is 0.444 e. The Bertz CT molecular complexity index is 1380. The molecule has 1 fully saturated rings. The first-order chi connectivity index (χ1) is 17.2. The molecule has 1 aliphatic rings. The van der Waals surface area contributed by atoms with Crippen molar-refractivity contribution < 1.29 is 31.1 Å². The predicted molar refractivity (Wildman–Crippen MR) is 135 cm³/mol. The molecule has 13 heteroatoms. The molecule has 0 unspecified atom stereocenters. The van der Waals surface area contributed by atoms with Crippen molar-refractivity contribution in [1.29, 1.82) is 0 Å². The number of hydrogen-bond acceptors (Lipinski definition) is 7. The summed E-state index contributed by atoms with van der Waals surface area (Å²) in [7, 11) is -3.91. The van der Waals surface area contributed by atoms with E-state index in [9.17, 15) is 26.4 Å². The molecular formula is C24H27F3N4O4S2. The molecule has 2 aromatic heterocycles. The Morgan fingerprint density at radius 3 is 2.32 bits per heavy atom. The molecule has 4 rings (SSSR count). The summed E-state index contributed by atoms with van der Waals surface area (Å²) in [5.74, 6) is 0.627. The van der Waals surface area contributed by atoms with Gasteiger partial charge in [-0.2, -0.15) is 13.2 Å². The van der Waals surface area contributed by atoms with E-state index in [1.54, 1.807) is 23.2 Å². The number of anilines is 1. The van der Waals surface area contributed by atoms with Crippen molar-refractivity contribution in [3.05, 3.63) is 53.7 Å². The predicted octanol–water partition coefficient (Wildman–Crippen LogP) is 4.85. The first kappa shape index (κ1) is 27.1. The van der Waals surface area contributed by atoms with Crippen LogP contribution < -0.4 is 9.62 Å². The smallest absolute Gasteiger partial charge is 0.416 e. The molecule has 0 spiro atoms. The number of amides is 1.